The van der Waals surface area contributed by atoms with Crippen molar-refractivity contribution >= 4 is 11.6 Å². The van der Waals surface area contributed by atoms with Crippen LogP contribution in [0, 0.1) is 0 Å². The molecule has 0 radical (unpaired) electrons. The third kappa shape index (κ3) is 6.15. The maximum absolute atomic E-state index is 6.28. The molecule has 1 N–H and O–H groups in total. The van der Waals surface area contributed by atoms with Gasteiger partial charge in [-0.3, -0.25) is 0 Å². The highest BCUT2D eigenvalue weighted by Crippen LogP contribution is 2.28. The SMILES string of the molecule is CCCCCCCOc1ccc(C(C)NCC)cc1Cl. The van der Waals surface area contributed by atoms with Crippen LogP contribution in [-0.4, -0.2) is 13.2 Å². The van der Waals surface area contributed by atoms with E-state index in [0.29, 0.717) is 11.1 Å². The first-order valence-corrected chi connectivity index (χ1v) is 8.22. The summed E-state index contributed by atoms with van der Waals surface area (Å²) in [5, 5.41) is 4.09. The van der Waals surface area contributed by atoms with Gasteiger partial charge in [0.15, 0.2) is 0 Å². The van der Waals surface area contributed by atoms with Crippen LogP contribution in [0.3, 0.4) is 0 Å². The second-order valence-corrected chi connectivity index (χ2v) is 5.64. The van der Waals surface area contributed by atoms with Crippen LogP contribution in [0.5, 0.6) is 5.75 Å². The van der Waals surface area contributed by atoms with E-state index in [2.05, 4.69) is 32.2 Å². The molecule has 1 aromatic rings. The number of hydrogen-bond acceptors (Lipinski definition) is 2. The molecule has 1 rings (SSSR count). The topological polar surface area (TPSA) is 21.3 Å². The first kappa shape index (κ1) is 17.3. The zero-order valence-corrected chi connectivity index (χ0v) is 13.8. The molecule has 0 saturated carbocycles. The molecule has 0 fully saturated rings. The molecular formula is C17H28ClNO. The standard InChI is InChI=1S/C17H28ClNO/c1-4-6-7-8-9-12-20-17-11-10-15(13-16(17)18)14(3)19-5-2/h10-11,13-14,19H,4-9,12H2,1-3H3. The summed E-state index contributed by atoms with van der Waals surface area (Å²) < 4.78 is 5.76. The molecule has 3 heteroatoms. The third-order valence-electron chi connectivity index (χ3n) is 3.47. The van der Waals surface area contributed by atoms with Gasteiger partial charge in [-0.05, 0) is 37.6 Å². The van der Waals surface area contributed by atoms with Gasteiger partial charge in [-0.25, -0.2) is 0 Å². The van der Waals surface area contributed by atoms with E-state index in [4.69, 9.17) is 16.3 Å². The Hall–Kier alpha value is -0.730. The van der Waals surface area contributed by atoms with Crippen LogP contribution in [0.25, 0.3) is 0 Å². The third-order valence-corrected chi connectivity index (χ3v) is 3.77. The minimum absolute atomic E-state index is 0.320. The molecule has 0 aliphatic carbocycles. The second-order valence-electron chi connectivity index (χ2n) is 5.23. The Kier molecular flexibility index (Phi) is 8.72. The van der Waals surface area contributed by atoms with E-state index in [0.717, 1.165) is 25.3 Å². The second kappa shape index (κ2) is 10.1. The van der Waals surface area contributed by atoms with Gasteiger partial charge in [0, 0.05) is 6.04 Å². The van der Waals surface area contributed by atoms with E-state index in [1.54, 1.807) is 0 Å². The summed E-state index contributed by atoms with van der Waals surface area (Å²) in [4.78, 5) is 0. The van der Waals surface area contributed by atoms with Gasteiger partial charge in [0.2, 0.25) is 0 Å². The summed E-state index contributed by atoms with van der Waals surface area (Å²) in [6.07, 6.45) is 6.23. The highest BCUT2D eigenvalue weighted by atomic mass is 35.5. The highest BCUT2D eigenvalue weighted by molar-refractivity contribution is 6.32. The van der Waals surface area contributed by atoms with Crippen LogP contribution >= 0.6 is 11.6 Å². The Balaban J connectivity index is 2.39. The molecule has 0 aliphatic rings. The smallest absolute Gasteiger partial charge is 0.137 e. The Morgan fingerprint density at radius 3 is 2.55 bits per heavy atom. The molecule has 2 nitrogen and oxygen atoms in total. The van der Waals surface area contributed by atoms with Gasteiger partial charge in [-0.15, -0.1) is 0 Å². The summed E-state index contributed by atoms with van der Waals surface area (Å²) in [5.74, 6) is 0.801. The van der Waals surface area contributed by atoms with Gasteiger partial charge in [0.05, 0.1) is 11.6 Å². The maximum Gasteiger partial charge on any atom is 0.137 e. The van der Waals surface area contributed by atoms with Crippen molar-refractivity contribution in [3.05, 3.63) is 28.8 Å². The monoisotopic (exact) mass is 297 g/mol. The summed E-state index contributed by atoms with van der Waals surface area (Å²) in [6.45, 7) is 8.18. The van der Waals surface area contributed by atoms with Gasteiger partial charge in [0.25, 0.3) is 0 Å². The number of hydrogen-bond donors (Lipinski definition) is 1. The van der Waals surface area contributed by atoms with Crippen molar-refractivity contribution in [3.8, 4) is 5.75 Å². The van der Waals surface area contributed by atoms with Crippen molar-refractivity contribution < 1.29 is 4.74 Å². The number of rotatable bonds is 10. The molecule has 114 valence electrons. The minimum Gasteiger partial charge on any atom is -0.492 e. The van der Waals surface area contributed by atoms with Gasteiger partial charge in [-0.1, -0.05) is 57.2 Å². The van der Waals surface area contributed by atoms with E-state index >= 15 is 0 Å². The fraction of sp³-hybridized carbons (Fsp3) is 0.647. The Bertz CT molecular complexity index is 381. The quantitative estimate of drug-likeness (QED) is 0.587. The Morgan fingerprint density at radius 1 is 1.15 bits per heavy atom. The van der Waals surface area contributed by atoms with Crippen molar-refractivity contribution in [2.75, 3.05) is 13.2 Å². The Labute approximate surface area is 128 Å². The van der Waals surface area contributed by atoms with E-state index in [-0.39, 0.29) is 0 Å². The van der Waals surface area contributed by atoms with Crippen molar-refractivity contribution in [1.29, 1.82) is 0 Å². The minimum atomic E-state index is 0.320. The van der Waals surface area contributed by atoms with Gasteiger partial charge in [-0.2, -0.15) is 0 Å². The average Bonchev–Trinajstić information content (AvgIpc) is 2.44. The first-order valence-electron chi connectivity index (χ1n) is 7.84. The number of ether oxygens (including phenoxy) is 1. The predicted molar refractivity (Wildman–Crippen MR) is 87.8 cm³/mol. The van der Waals surface area contributed by atoms with Crippen LogP contribution in [0.4, 0.5) is 0 Å². The fourth-order valence-corrected chi connectivity index (χ4v) is 2.46. The summed E-state index contributed by atoms with van der Waals surface area (Å²) in [7, 11) is 0. The zero-order valence-electron chi connectivity index (χ0n) is 13.0. The van der Waals surface area contributed by atoms with Crippen LogP contribution in [0.15, 0.2) is 18.2 Å². The van der Waals surface area contributed by atoms with E-state index in [9.17, 15) is 0 Å². The van der Waals surface area contributed by atoms with Crippen LogP contribution in [-0.2, 0) is 0 Å². The molecular weight excluding hydrogens is 270 g/mol. The van der Waals surface area contributed by atoms with Gasteiger partial charge >= 0.3 is 0 Å². The normalized spacial score (nSPS) is 12.4. The number of halogens is 1. The molecule has 1 atom stereocenters. The van der Waals surface area contributed by atoms with Crippen LogP contribution < -0.4 is 10.1 Å². The summed E-state index contributed by atoms with van der Waals surface area (Å²) in [5.41, 5.74) is 1.20. The van der Waals surface area contributed by atoms with Crippen molar-refractivity contribution in [2.24, 2.45) is 0 Å². The van der Waals surface area contributed by atoms with Crippen molar-refractivity contribution in [1.82, 2.24) is 5.32 Å². The number of unbranched alkanes of at least 4 members (excludes halogenated alkanes) is 4. The zero-order chi connectivity index (χ0) is 14.8. The molecule has 0 aromatic heterocycles. The van der Waals surface area contributed by atoms with Crippen molar-refractivity contribution in [3.63, 3.8) is 0 Å². The molecule has 0 aliphatic heterocycles. The molecule has 0 amide bonds. The van der Waals surface area contributed by atoms with Gasteiger partial charge in [0.1, 0.15) is 5.75 Å². The van der Waals surface area contributed by atoms with E-state index in [1.165, 1.54) is 31.2 Å². The number of benzene rings is 1. The largest absolute Gasteiger partial charge is 0.492 e. The lowest BCUT2D eigenvalue weighted by molar-refractivity contribution is 0.304. The Morgan fingerprint density at radius 2 is 1.90 bits per heavy atom. The molecule has 1 unspecified atom stereocenters. The maximum atomic E-state index is 6.28. The molecule has 0 bridgehead atoms. The average molecular weight is 298 g/mol. The molecule has 0 spiro atoms. The lowest BCUT2D eigenvalue weighted by Crippen LogP contribution is -2.17. The molecule has 0 saturated heterocycles. The molecule has 20 heavy (non-hydrogen) atoms. The fourth-order valence-electron chi connectivity index (χ4n) is 2.22. The van der Waals surface area contributed by atoms with E-state index < -0.39 is 0 Å². The van der Waals surface area contributed by atoms with Crippen LogP contribution in [0.2, 0.25) is 5.02 Å². The van der Waals surface area contributed by atoms with E-state index in [1.807, 2.05) is 12.1 Å². The van der Waals surface area contributed by atoms with Gasteiger partial charge < -0.3 is 10.1 Å². The molecule has 0 heterocycles. The molecule has 1 aromatic carbocycles. The van der Waals surface area contributed by atoms with Crippen LogP contribution in [0.1, 0.15) is 64.5 Å². The lowest BCUT2D eigenvalue weighted by atomic mass is 10.1. The highest BCUT2D eigenvalue weighted by Gasteiger charge is 2.07. The number of nitrogens with one attached hydrogen (secondary N) is 1. The van der Waals surface area contributed by atoms with Crippen molar-refractivity contribution in [2.45, 2.75) is 58.9 Å². The first-order chi connectivity index (χ1) is 9.69. The predicted octanol–water partition coefficient (Wildman–Crippen LogP) is 5.36. The summed E-state index contributed by atoms with van der Waals surface area (Å²) in [6, 6.07) is 6.39. The summed E-state index contributed by atoms with van der Waals surface area (Å²) >= 11 is 6.28. The lowest BCUT2D eigenvalue weighted by Gasteiger charge is -2.15.